The minimum Gasteiger partial charge on any atom is -0.444 e. The third-order valence-electron chi connectivity index (χ3n) is 21.6. The third kappa shape index (κ3) is 22.5. The normalized spacial score (nSPS) is 19.2. The molecular formula is C88H102Cl2F4N20O8. The summed E-state index contributed by atoms with van der Waals surface area (Å²) in [7, 11) is 0. The van der Waals surface area contributed by atoms with E-state index in [1.54, 1.807) is 29.2 Å². The molecule has 0 aliphatic carbocycles. The van der Waals surface area contributed by atoms with E-state index < -0.39 is 11.2 Å². The van der Waals surface area contributed by atoms with Crippen molar-refractivity contribution < 1.29 is 55.6 Å². The number of pyridine rings is 4. The van der Waals surface area contributed by atoms with E-state index in [2.05, 4.69) is 79.4 Å². The van der Waals surface area contributed by atoms with Gasteiger partial charge in [-0.05, 0) is 172 Å². The topological polar surface area (TPSA) is 336 Å². The molecule has 0 radical (unpaired) electrons. The number of nitrogens with zero attached hydrogens (tertiary/aromatic N) is 16. The summed E-state index contributed by atoms with van der Waals surface area (Å²) in [5.41, 5.74) is 17.1. The number of likely N-dealkylation sites (tertiary alicyclic amines) is 2. The van der Waals surface area contributed by atoms with Gasteiger partial charge < -0.3 is 79.9 Å². The zero-order chi connectivity index (χ0) is 86.2. The van der Waals surface area contributed by atoms with E-state index in [1.807, 2.05) is 58.6 Å². The SMILES string of the molecule is C1COCCN1.CC(C)(C)OC(=O)N1CCCC1c1cc2ccc(F)cc2nc1Cl.CC(C)(C)OC(=O)N1CCCC1c1cc2ccc(F)cc2nc1N1CCOCC1.Fc1ccc2cc(C3CCCN3)c(N3CCOCC3)nc2c1.N#Cc1c(N)ncnc1Cl.N#Cc1c(N)ncnc1N1CCCC1c1cc2ccc(F)cc2nc1N1CCOCC1. The summed E-state index contributed by atoms with van der Waals surface area (Å²) < 4.78 is 87.1. The largest absolute Gasteiger partial charge is 0.444 e. The van der Waals surface area contributed by atoms with E-state index in [4.69, 9.17) is 83.3 Å². The van der Waals surface area contributed by atoms with Gasteiger partial charge in [0.25, 0.3) is 0 Å². The molecule has 18 rings (SSSR count). The molecule has 34 heteroatoms. The highest BCUT2D eigenvalue weighted by Crippen LogP contribution is 2.45. The summed E-state index contributed by atoms with van der Waals surface area (Å²) in [6.45, 7) is 26.6. The number of nitrogens with one attached hydrogen (secondary N) is 2. The van der Waals surface area contributed by atoms with Crippen LogP contribution in [-0.4, -0.2) is 204 Å². The Labute approximate surface area is 716 Å². The van der Waals surface area contributed by atoms with Crippen LogP contribution in [0.5, 0.6) is 0 Å². The van der Waals surface area contributed by atoms with Crippen molar-refractivity contribution in [3.05, 3.63) is 177 Å². The van der Waals surface area contributed by atoms with Crippen molar-refractivity contribution in [2.24, 2.45) is 0 Å². The molecule has 6 aromatic heterocycles. The number of anilines is 6. The lowest BCUT2D eigenvalue weighted by atomic mass is 10.0. The number of ether oxygens (including phenoxy) is 6. The van der Waals surface area contributed by atoms with Crippen molar-refractivity contribution >= 4 is 114 Å². The number of nitrogen functional groups attached to an aromatic ring is 2. The number of halogens is 6. The number of morpholine rings is 4. The van der Waals surface area contributed by atoms with E-state index in [0.717, 1.165) is 198 Å². The third-order valence-corrected chi connectivity index (χ3v) is 22.2. The standard InChI is InChI=1S/C22H22FN7O.C22H28FN3O3.C18H20ClFN2O2.C17H20FN3O.C5H3ClN4.C4H9NO/c23-15-4-3-14-10-16(22(28-18(14)11-15)29-6-8-31-9-7-29)19-2-1-5-30(19)21-17(12-24)20(25)26-13-27-21;1-22(2,3)29-21(27)26-8-4-5-19(26)17-13-15-6-7-16(23)14-18(15)24-20(17)25-9-11-28-12-10-25;1-18(2,3)24-17(23)22-8-4-5-15(22)13-9-11-6-7-12(20)10-14(11)21-16(13)19;18-13-4-3-12-10-14(15-2-1-5-19-15)17(20-16(12)11-13)21-6-8-22-9-7-21;6-4-3(1-7)5(8)10-2-9-4;1-3-6-4-2-5-1/h3-4,10-11,13,19H,1-2,5-9H2,(H2,25,26,27);6-7,13-14,19H,4-5,8-12H2,1-3H3;6-7,9-10,15H,4-5,8H2,1-3H3;3-4,10-11,15,19H,1-2,5-9H2;2H,(H2,8,9,10);5H,1-4H2. The number of amides is 2. The average molecular weight is 1710 g/mol. The van der Waals surface area contributed by atoms with Crippen LogP contribution in [0, 0.1) is 45.9 Å². The van der Waals surface area contributed by atoms with Crippen molar-refractivity contribution in [1.29, 1.82) is 10.5 Å². The van der Waals surface area contributed by atoms with Gasteiger partial charge in [0.1, 0.15) is 105 Å². The Hall–Kier alpha value is -10.9. The zero-order valence-electron chi connectivity index (χ0n) is 69.3. The summed E-state index contributed by atoms with van der Waals surface area (Å²) in [4.78, 5) is 71.8. The van der Waals surface area contributed by atoms with E-state index in [0.29, 0.717) is 73.1 Å². The highest BCUT2D eigenvalue weighted by Gasteiger charge is 2.39. The molecule has 4 aromatic carbocycles. The lowest BCUT2D eigenvalue weighted by Gasteiger charge is -2.34. The zero-order valence-corrected chi connectivity index (χ0v) is 70.9. The fourth-order valence-corrected chi connectivity index (χ4v) is 16.4. The van der Waals surface area contributed by atoms with E-state index in [-0.39, 0.29) is 81.5 Å². The first-order valence-corrected chi connectivity index (χ1v) is 42.0. The molecule has 0 bridgehead atoms. The van der Waals surface area contributed by atoms with Gasteiger partial charge in [0.2, 0.25) is 0 Å². The predicted octanol–water partition coefficient (Wildman–Crippen LogP) is 15.0. The molecule has 6 N–H and O–H groups in total. The molecule has 10 aromatic rings. The molecule has 4 atom stereocenters. The maximum atomic E-state index is 13.9. The first-order chi connectivity index (χ1) is 58.8. The van der Waals surface area contributed by atoms with Gasteiger partial charge in [-0.3, -0.25) is 0 Å². The van der Waals surface area contributed by atoms with Crippen molar-refractivity contribution in [2.45, 2.75) is 128 Å². The molecule has 8 saturated heterocycles. The second-order valence-electron chi connectivity index (χ2n) is 32.4. The number of hydrogen-bond donors (Lipinski definition) is 4. The molecule has 122 heavy (non-hydrogen) atoms. The molecule has 8 fully saturated rings. The first kappa shape index (κ1) is 88.8. The molecule has 2 amide bonds. The molecule has 8 aliphatic rings. The Bertz CT molecular complexity index is 5390. The maximum absolute atomic E-state index is 13.9. The molecule has 4 unspecified atom stereocenters. The maximum Gasteiger partial charge on any atom is 0.410 e. The van der Waals surface area contributed by atoms with Crippen LogP contribution < -0.4 is 41.7 Å². The Morgan fingerprint density at radius 2 is 0.828 bits per heavy atom. The summed E-state index contributed by atoms with van der Waals surface area (Å²) in [5.74, 6) is 2.27. The van der Waals surface area contributed by atoms with Crippen molar-refractivity contribution in [2.75, 3.05) is 162 Å². The van der Waals surface area contributed by atoms with Gasteiger partial charge in [-0.1, -0.05) is 23.2 Å². The minimum absolute atomic E-state index is 0.0267. The van der Waals surface area contributed by atoms with E-state index >= 15 is 0 Å². The summed E-state index contributed by atoms with van der Waals surface area (Å²) in [6, 6.07) is 30.8. The Kier molecular flexibility index (Phi) is 29.7. The van der Waals surface area contributed by atoms with Crippen LogP contribution in [0.4, 0.5) is 62.1 Å². The van der Waals surface area contributed by atoms with Gasteiger partial charge in [0.15, 0.2) is 11.0 Å². The van der Waals surface area contributed by atoms with E-state index in [1.165, 1.54) is 73.2 Å². The van der Waals surface area contributed by atoms with Crippen LogP contribution in [0.25, 0.3) is 43.6 Å². The fraction of sp³-hybridized carbons (Fsp3) is 0.455. The van der Waals surface area contributed by atoms with Crippen LogP contribution in [0.2, 0.25) is 10.3 Å². The predicted molar refractivity (Wildman–Crippen MR) is 461 cm³/mol. The summed E-state index contributed by atoms with van der Waals surface area (Å²) in [5, 5.41) is 28.7. The second kappa shape index (κ2) is 40.8. The van der Waals surface area contributed by atoms with Gasteiger partial charge >= 0.3 is 12.2 Å². The van der Waals surface area contributed by atoms with Crippen molar-refractivity contribution in [3.8, 4) is 12.1 Å². The number of nitrogens with two attached hydrogens (primary N) is 2. The van der Waals surface area contributed by atoms with Gasteiger partial charge in [0.05, 0.1) is 93.0 Å². The Morgan fingerprint density at radius 1 is 0.443 bits per heavy atom. The molecule has 14 heterocycles. The average Bonchev–Trinajstić information content (AvgIpc) is 1.50. The van der Waals surface area contributed by atoms with Crippen LogP contribution in [0.15, 0.2) is 110 Å². The highest BCUT2D eigenvalue weighted by molar-refractivity contribution is 6.31. The number of fused-ring (bicyclic) bond motifs is 4. The van der Waals surface area contributed by atoms with Gasteiger partial charge in [0, 0.05) is 146 Å². The lowest BCUT2D eigenvalue weighted by molar-refractivity contribution is 0.0214. The Balaban J connectivity index is 0.000000133. The van der Waals surface area contributed by atoms with E-state index in [9.17, 15) is 32.4 Å². The van der Waals surface area contributed by atoms with Gasteiger partial charge in [-0.2, -0.15) is 10.5 Å². The van der Waals surface area contributed by atoms with Crippen LogP contribution in [0.3, 0.4) is 0 Å². The highest BCUT2D eigenvalue weighted by atomic mass is 35.5. The van der Waals surface area contributed by atoms with Crippen molar-refractivity contribution in [3.63, 3.8) is 0 Å². The quantitative estimate of drug-likeness (QED) is 0.0624. The minimum atomic E-state index is -0.548. The molecule has 644 valence electrons. The van der Waals surface area contributed by atoms with Crippen LogP contribution in [0.1, 0.15) is 150 Å². The molecule has 28 nitrogen and oxygen atoms in total. The molecule has 8 aliphatic heterocycles. The fourth-order valence-electron chi connectivity index (χ4n) is 15.9. The number of nitriles is 2. The molecule has 0 saturated carbocycles. The number of hydrogen-bond acceptors (Lipinski definition) is 26. The summed E-state index contributed by atoms with van der Waals surface area (Å²) >= 11 is 11.8. The van der Waals surface area contributed by atoms with Gasteiger partial charge in [-0.15, -0.1) is 0 Å². The van der Waals surface area contributed by atoms with Crippen LogP contribution in [-0.2, 0) is 28.4 Å². The number of carbonyl (C=O) groups excluding carboxylic acids is 2. The Morgan fingerprint density at radius 3 is 1.23 bits per heavy atom. The number of benzene rings is 4. The van der Waals surface area contributed by atoms with Crippen LogP contribution >= 0.6 is 23.2 Å². The molecule has 0 spiro atoms. The molecular weight excluding hydrogens is 1610 g/mol. The summed E-state index contributed by atoms with van der Waals surface area (Å²) in [6.07, 6.45) is 9.55. The monoisotopic (exact) mass is 1710 g/mol. The first-order valence-electron chi connectivity index (χ1n) is 41.3. The lowest BCUT2D eigenvalue weighted by Crippen LogP contribution is -2.39. The second-order valence-corrected chi connectivity index (χ2v) is 33.1. The van der Waals surface area contributed by atoms with Crippen molar-refractivity contribution in [1.82, 2.24) is 60.3 Å². The number of rotatable bonds is 8. The van der Waals surface area contributed by atoms with Gasteiger partial charge in [-0.25, -0.2) is 67.0 Å². The number of carbonyl (C=O) groups is 2. The smallest absolute Gasteiger partial charge is 0.410 e. The number of aromatic nitrogens is 8.